The van der Waals surface area contributed by atoms with E-state index in [1.165, 1.54) is 62.3 Å². The predicted molar refractivity (Wildman–Crippen MR) is 86.7 cm³/mol. The highest BCUT2D eigenvalue weighted by atomic mass is 32.1. The van der Waals surface area contributed by atoms with Crippen molar-refractivity contribution in [2.45, 2.75) is 70.9 Å². The van der Waals surface area contributed by atoms with Crippen molar-refractivity contribution in [2.24, 2.45) is 0 Å². The van der Waals surface area contributed by atoms with E-state index in [0.717, 1.165) is 12.6 Å². The molecule has 1 aromatic rings. The summed E-state index contributed by atoms with van der Waals surface area (Å²) in [6.45, 7) is 6.71. The third-order valence-corrected chi connectivity index (χ3v) is 5.55. The quantitative estimate of drug-likeness (QED) is 0.826. The van der Waals surface area contributed by atoms with Gasteiger partial charge in [-0.15, -0.1) is 11.3 Å². The van der Waals surface area contributed by atoms with Crippen LogP contribution in [0.25, 0.3) is 0 Å². The lowest BCUT2D eigenvalue weighted by atomic mass is 9.98. The van der Waals surface area contributed by atoms with Crippen LogP contribution in [0.5, 0.6) is 0 Å². The van der Waals surface area contributed by atoms with E-state index < -0.39 is 0 Å². The number of hydrogen-bond donors (Lipinski definition) is 1. The summed E-state index contributed by atoms with van der Waals surface area (Å²) in [5.41, 5.74) is 1.36. The highest BCUT2D eigenvalue weighted by Gasteiger charge is 2.32. The maximum absolute atomic E-state index is 5.05. The van der Waals surface area contributed by atoms with Gasteiger partial charge in [-0.3, -0.25) is 0 Å². The average Bonchev–Trinajstić information content (AvgIpc) is 3.18. The molecule has 1 unspecified atom stereocenters. The summed E-state index contributed by atoms with van der Waals surface area (Å²) >= 11 is 1.97. The van der Waals surface area contributed by atoms with E-state index in [2.05, 4.69) is 24.1 Å². The van der Waals surface area contributed by atoms with Crippen molar-refractivity contribution in [3.8, 4) is 0 Å². The molecular formula is C16H27N3S. The maximum atomic E-state index is 5.05. The molecule has 112 valence electrons. The SMILES string of the molecule is CCCCN(c1nc2c(s1)CCCC2NCC)C1CC1. The second-order valence-corrected chi connectivity index (χ2v) is 7.15. The van der Waals surface area contributed by atoms with Gasteiger partial charge in [0.25, 0.3) is 0 Å². The van der Waals surface area contributed by atoms with Crippen LogP contribution in [0.3, 0.4) is 0 Å². The van der Waals surface area contributed by atoms with Gasteiger partial charge in [0.1, 0.15) is 0 Å². The molecule has 0 aromatic carbocycles. The summed E-state index contributed by atoms with van der Waals surface area (Å²) < 4.78 is 0. The third-order valence-electron chi connectivity index (χ3n) is 4.38. The molecule has 0 saturated heterocycles. The summed E-state index contributed by atoms with van der Waals surface area (Å²) in [7, 11) is 0. The number of thiazole rings is 1. The van der Waals surface area contributed by atoms with E-state index in [-0.39, 0.29) is 0 Å². The molecule has 0 amide bonds. The van der Waals surface area contributed by atoms with Crippen molar-refractivity contribution in [3.63, 3.8) is 0 Å². The Morgan fingerprint density at radius 2 is 2.15 bits per heavy atom. The van der Waals surface area contributed by atoms with Crippen LogP contribution in [0, 0.1) is 0 Å². The van der Waals surface area contributed by atoms with Gasteiger partial charge in [0.15, 0.2) is 5.13 Å². The molecule has 1 aromatic heterocycles. The second kappa shape index (κ2) is 6.44. The van der Waals surface area contributed by atoms with Crippen molar-refractivity contribution in [1.82, 2.24) is 10.3 Å². The number of unbranched alkanes of at least 4 members (excludes halogenated alkanes) is 1. The van der Waals surface area contributed by atoms with Crippen LogP contribution in [-0.4, -0.2) is 24.1 Å². The Labute approximate surface area is 126 Å². The zero-order chi connectivity index (χ0) is 13.9. The first-order valence-electron chi connectivity index (χ1n) is 8.33. The lowest BCUT2D eigenvalue weighted by Gasteiger charge is -2.22. The van der Waals surface area contributed by atoms with Crippen molar-refractivity contribution >= 4 is 16.5 Å². The highest BCUT2D eigenvalue weighted by Crippen LogP contribution is 2.40. The van der Waals surface area contributed by atoms with Gasteiger partial charge in [-0.2, -0.15) is 0 Å². The monoisotopic (exact) mass is 293 g/mol. The molecule has 1 heterocycles. The zero-order valence-corrected chi connectivity index (χ0v) is 13.6. The molecule has 3 nitrogen and oxygen atoms in total. The Morgan fingerprint density at radius 1 is 1.30 bits per heavy atom. The summed E-state index contributed by atoms with van der Waals surface area (Å²) in [5.74, 6) is 0. The fourth-order valence-corrected chi connectivity index (χ4v) is 4.38. The molecule has 0 aliphatic heterocycles. The van der Waals surface area contributed by atoms with E-state index in [1.54, 1.807) is 4.88 Å². The molecule has 0 radical (unpaired) electrons. The zero-order valence-electron chi connectivity index (χ0n) is 12.8. The number of aryl methyl sites for hydroxylation is 1. The van der Waals surface area contributed by atoms with Crippen LogP contribution in [-0.2, 0) is 6.42 Å². The standard InChI is InChI=1S/C16H27N3S/c1-3-5-11-19(12-9-10-12)16-18-15-13(17-4-2)7-6-8-14(15)20-16/h12-13,17H,3-11H2,1-2H3. The lowest BCUT2D eigenvalue weighted by molar-refractivity contribution is 0.465. The van der Waals surface area contributed by atoms with Gasteiger partial charge in [0.05, 0.1) is 11.7 Å². The first kappa shape index (κ1) is 14.3. The minimum Gasteiger partial charge on any atom is -0.345 e. The Balaban J connectivity index is 1.79. The number of nitrogens with zero attached hydrogens (tertiary/aromatic N) is 2. The molecule has 1 N–H and O–H groups in total. The van der Waals surface area contributed by atoms with Crippen molar-refractivity contribution < 1.29 is 0 Å². The van der Waals surface area contributed by atoms with E-state index in [0.29, 0.717) is 6.04 Å². The smallest absolute Gasteiger partial charge is 0.186 e. The third kappa shape index (κ3) is 3.01. The minimum atomic E-state index is 0.501. The summed E-state index contributed by atoms with van der Waals surface area (Å²) in [6, 6.07) is 1.28. The number of aromatic nitrogens is 1. The maximum Gasteiger partial charge on any atom is 0.186 e. The van der Waals surface area contributed by atoms with Gasteiger partial charge in [0.2, 0.25) is 0 Å². The molecular weight excluding hydrogens is 266 g/mol. The van der Waals surface area contributed by atoms with Gasteiger partial charge in [-0.05, 0) is 45.1 Å². The van der Waals surface area contributed by atoms with Gasteiger partial charge < -0.3 is 10.2 Å². The molecule has 3 rings (SSSR count). The normalized spacial score (nSPS) is 21.8. The van der Waals surface area contributed by atoms with Crippen LogP contribution in [0.15, 0.2) is 0 Å². The van der Waals surface area contributed by atoms with Crippen LogP contribution >= 0.6 is 11.3 Å². The molecule has 4 heteroatoms. The molecule has 2 aliphatic rings. The van der Waals surface area contributed by atoms with E-state index in [4.69, 9.17) is 4.98 Å². The van der Waals surface area contributed by atoms with Gasteiger partial charge in [0, 0.05) is 17.5 Å². The first-order chi connectivity index (χ1) is 9.83. The molecule has 1 atom stereocenters. The molecule has 1 saturated carbocycles. The number of nitrogens with one attached hydrogen (secondary N) is 1. The molecule has 0 spiro atoms. The van der Waals surface area contributed by atoms with Crippen LogP contribution < -0.4 is 10.2 Å². The molecule has 0 bridgehead atoms. The number of hydrogen-bond acceptors (Lipinski definition) is 4. The van der Waals surface area contributed by atoms with Crippen molar-refractivity contribution in [3.05, 3.63) is 10.6 Å². The van der Waals surface area contributed by atoms with E-state index in [1.807, 2.05) is 11.3 Å². The fourth-order valence-electron chi connectivity index (χ4n) is 3.12. The number of rotatable bonds is 7. The fraction of sp³-hybridized carbons (Fsp3) is 0.812. The second-order valence-electron chi connectivity index (χ2n) is 6.09. The molecule has 1 fully saturated rings. The summed E-state index contributed by atoms with van der Waals surface area (Å²) in [6.07, 6.45) is 9.09. The van der Waals surface area contributed by atoms with Gasteiger partial charge in [-0.1, -0.05) is 20.3 Å². The van der Waals surface area contributed by atoms with E-state index in [9.17, 15) is 0 Å². The Bertz CT molecular complexity index is 439. The summed E-state index contributed by atoms with van der Waals surface area (Å²) in [4.78, 5) is 9.18. The van der Waals surface area contributed by atoms with Crippen LogP contribution in [0.2, 0.25) is 0 Å². The highest BCUT2D eigenvalue weighted by molar-refractivity contribution is 7.15. The number of anilines is 1. The Hall–Kier alpha value is -0.610. The van der Waals surface area contributed by atoms with Crippen molar-refractivity contribution in [1.29, 1.82) is 0 Å². The topological polar surface area (TPSA) is 28.2 Å². The first-order valence-corrected chi connectivity index (χ1v) is 9.14. The van der Waals surface area contributed by atoms with Crippen molar-refractivity contribution in [2.75, 3.05) is 18.0 Å². The lowest BCUT2D eigenvalue weighted by Crippen LogP contribution is -2.27. The average molecular weight is 293 g/mol. The van der Waals surface area contributed by atoms with Gasteiger partial charge >= 0.3 is 0 Å². The summed E-state index contributed by atoms with van der Waals surface area (Å²) in [5, 5.41) is 4.91. The van der Waals surface area contributed by atoms with E-state index >= 15 is 0 Å². The van der Waals surface area contributed by atoms with Crippen LogP contribution in [0.1, 0.15) is 69.0 Å². The molecule has 2 aliphatic carbocycles. The van der Waals surface area contributed by atoms with Gasteiger partial charge in [-0.25, -0.2) is 4.98 Å². The minimum absolute atomic E-state index is 0.501. The molecule has 20 heavy (non-hydrogen) atoms. The number of fused-ring (bicyclic) bond motifs is 1. The largest absolute Gasteiger partial charge is 0.345 e. The Kier molecular flexibility index (Phi) is 4.61. The van der Waals surface area contributed by atoms with Crippen LogP contribution in [0.4, 0.5) is 5.13 Å². The predicted octanol–water partition coefficient (Wildman–Crippen LogP) is 3.90. The Morgan fingerprint density at radius 3 is 2.85 bits per heavy atom.